The van der Waals surface area contributed by atoms with Crippen LogP contribution >= 0.6 is 0 Å². The van der Waals surface area contributed by atoms with Gasteiger partial charge in [-0.15, -0.1) is 0 Å². The zero-order valence-corrected chi connectivity index (χ0v) is 10.4. The molecule has 6 heteroatoms. The van der Waals surface area contributed by atoms with Crippen molar-refractivity contribution in [1.29, 1.82) is 0 Å². The average molecular weight is 250 g/mol. The van der Waals surface area contributed by atoms with Crippen molar-refractivity contribution >= 4 is 16.6 Å². The standard InChI is InChI=1S/C11H14N4OS/c1-17(16)6-5-15-8-13-7-10(15)9-3-2-4-14-11(9)12/h2-4,7-8H,5-6H2,1H3,(H2,12,14). The van der Waals surface area contributed by atoms with Crippen LogP contribution in [0.15, 0.2) is 30.9 Å². The van der Waals surface area contributed by atoms with Crippen molar-refractivity contribution in [3.8, 4) is 11.3 Å². The zero-order chi connectivity index (χ0) is 12.3. The lowest BCUT2D eigenvalue weighted by atomic mass is 10.2. The number of pyridine rings is 1. The van der Waals surface area contributed by atoms with Crippen molar-refractivity contribution in [2.75, 3.05) is 17.7 Å². The number of hydrogen-bond acceptors (Lipinski definition) is 4. The Morgan fingerprint density at radius 3 is 3.06 bits per heavy atom. The van der Waals surface area contributed by atoms with Crippen LogP contribution in [0.3, 0.4) is 0 Å². The lowest BCUT2D eigenvalue weighted by Gasteiger charge is -2.08. The molecule has 0 radical (unpaired) electrons. The third-order valence-corrected chi connectivity index (χ3v) is 3.20. The smallest absolute Gasteiger partial charge is 0.132 e. The van der Waals surface area contributed by atoms with Crippen molar-refractivity contribution < 1.29 is 4.21 Å². The summed E-state index contributed by atoms with van der Waals surface area (Å²) in [5.74, 6) is 1.08. The van der Waals surface area contributed by atoms with Crippen LogP contribution in [0.25, 0.3) is 11.3 Å². The van der Waals surface area contributed by atoms with E-state index >= 15 is 0 Å². The molecule has 0 saturated carbocycles. The first kappa shape index (κ1) is 11.8. The van der Waals surface area contributed by atoms with Gasteiger partial charge in [-0.25, -0.2) is 9.97 Å². The van der Waals surface area contributed by atoms with E-state index in [1.54, 1.807) is 25.0 Å². The van der Waals surface area contributed by atoms with Crippen molar-refractivity contribution in [3.63, 3.8) is 0 Å². The predicted molar refractivity (Wildman–Crippen MR) is 68.8 cm³/mol. The zero-order valence-electron chi connectivity index (χ0n) is 9.54. The highest BCUT2D eigenvalue weighted by molar-refractivity contribution is 7.84. The Labute approximate surface area is 102 Å². The second-order valence-electron chi connectivity index (χ2n) is 3.69. The number of aryl methyl sites for hydroxylation is 1. The third-order valence-electron chi connectivity index (χ3n) is 2.45. The number of nitrogen functional groups attached to an aromatic ring is 1. The summed E-state index contributed by atoms with van der Waals surface area (Å²) < 4.78 is 13.0. The molecule has 0 fully saturated rings. The molecule has 1 atom stereocenters. The maximum atomic E-state index is 11.1. The fraction of sp³-hybridized carbons (Fsp3) is 0.273. The molecule has 5 nitrogen and oxygen atoms in total. The minimum atomic E-state index is -0.816. The van der Waals surface area contributed by atoms with E-state index in [1.807, 2.05) is 16.7 Å². The van der Waals surface area contributed by atoms with Crippen LogP contribution in [0, 0.1) is 0 Å². The molecule has 2 heterocycles. The highest BCUT2D eigenvalue weighted by atomic mass is 32.2. The van der Waals surface area contributed by atoms with E-state index in [1.165, 1.54) is 0 Å². The minimum Gasteiger partial charge on any atom is -0.383 e. The first-order valence-electron chi connectivity index (χ1n) is 5.19. The molecule has 0 spiro atoms. The Morgan fingerprint density at radius 2 is 2.35 bits per heavy atom. The Hall–Kier alpha value is -1.69. The number of aromatic nitrogens is 3. The molecule has 2 rings (SSSR count). The summed E-state index contributed by atoms with van der Waals surface area (Å²) in [6.07, 6.45) is 6.80. The molecule has 2 aromatic rings. The van der Waals surface area contributed by atoms with Gasteiger partial charge >= 0.3 is 0 Å². The van der Waals surface area contributed by atoms with Crippen LogP contribution in [0.1, 0.15) is 0 Å². The Morgan fingerprint density at radius 1 is 1.53 bits per heavy atom. The highest BCUT2D eigenvalue weighted by Gasteiger charge is 2.08. The maximum absolute atomic E-state index is 11.1. The lowest BCUT2D eigenvalue weighted by Crippen LogP contribution is -2.07. The average Bonchev–Trinajstić information content (AvgIpc) is 2.75. The van der Waals surface area contributed by atoms with Crippen molar-refractivity contribution in [1.82, 2.24) is 14.5 Å². The molecular weight excluding hydrogens is 236 g/mol. The number of nitrogens with zero attached hydrogens (tertiary/aromatic N) is 3. The van der Waals surface area contributed by atoms with E-state index < -0.39 is 10.8 Å². The summed E-state index contributed by atoms with van der Waals surface area (Å²) in [7, 11) is -0.816. The van der Waals surface area contributed by atoms with E-state index in [-0.39, 0.29) is 0 Å². The normalized spacial score (nSPS) is 12.5. The van der Waals surface area contributed by atoms with E-state index in [2.05, 4.69) is 9.97 Å². The van der Waals surface area contributed by atoms with Gasteiger partial charge in [-0.2, -0.15) is 0 Å². The SMILES string of the molecule is CS(=O)CCn1cncc1-c1cccnc1N. The largest absolute Gasteiger partial charge is 0.383 e. The molecule has 0 aromatic carbocycles. The van der Waals surface area contributed by atoms with Gasteiger partial charge in [-0.1, -0.05) is 0 Å². The predicted octanol–water partition coefficient (Wildman–Crippen LogP) is 0.906. The molecule has 0 bridgehead atoms. The molecule has 1 unspecified atom stereocenters. The van der Waals surface area contributed by atoms with Crippen LogP contribution in [-0.2, 0) is 17.3 Å². The molecule has 90 valence electrons. The Kier molecular flexibility index (Phi) is 3.53. The summed E-state index contributed by atoms with van der Waals surface area (Å²) in [5, 5.41) is 0. The molecule has 0 aliphatic carbocycles. The fourth-order valence-electron chi connectivity index (χ4n) is 1.58. The van der Waals surface area contributed by atoms with Crippen LogP contribution in [-0.4, -0.2) is 30.8 Å². The minimum absolute atomic E-state index is 0.479. The fourth-order valence-corrected chi connectivity index (χ4v) is 2.04. The van der Waals surface area contributed by atoms with Gasteiger partial charge in [-0.05, 0) is 12.1 Å². The summed E-state index contributed by atoms with van der Waals surface area (Å²) in [4.78, 5) is 8.15. The summed E-state index contributed by atoms with van der Waals surface area (Å²) in [6.45, 7) is 0.660. The van der Waals surface area contributed by atoms with E-state index in [0.29, 0.717) is 18.1 Å². The molecule has 0 aliphatic rings. The molecule has 0 amide bonds. The van der Waals surface area contributed by atoms with Gasteiger partial charge < -0.3 is 10.3 Å². The maximum Gasteiger partial charge on any atom is 0.132 e. The molecule has 17 heavy (non-hydrogen) atoms. The van der Waals surface area contributed by atoms with Gasteiger partial charge in [0.25, 0.3) is 0 Å². The van der Waals surface area contributed by atoms with Crippen LogP contribution in [0.5, 0.6) is 0 Å². The van der Waals surface area contributed by atoms with Crippen LogP contribution in [0.4, 0.5) is 5.82 Å². The van der Waals surface area contributed by atoms with E-state index in [9.17, 15) is 4.21 Å². The van der Waals surface area contributed by atoms with E-state index in [4.69, 9.17) is 5.73 Å². The van der Waals surface area contributed by atoms with Crippen molar-refractivity contribution in [2.45, 2.75) is 6.54 Å². The molecule has 0 aliphatic heterocycles. The second kappa shape index (κ2) is 5.09. The van der Waals surface area contributed by atoms with Crippen LogP contribution < -0.4 is 5.73 Å². The third kappa shape index (κ3) is 2.71. The number of nitrogens with two attached hydrogens (primary N) is 1. The Balaban J connectivity index is 2.31. The van der Waals surface area contributed by atoms with Gasteiger partial charge in [0, 0.05) is 41.1 Å². The van der Waals surface area contributed by atoms with Crippen molar-refractivity contribution in [3.05, 3.63) is 30.9 Å². The van der Waals surface area contributed by atoms with Gasteiger partial charge in [0.2, 0.25) is 0 Å². The summed E-state index contributed by atoms with van der Waals surface area (Å²) in [5.41, 5.74) is 7.58. The molecular formula is C11H14N4OS. The molecule has 2 aromatic heterocycles. The summed E-state index contributed by atoms with van der Waals surface area (Å²) >= 11 is 0. The summed E-state index contributed by atoms with van der Waals surface area (Å²) in [6, 6.07) is 3.74. The number of anilines is 1. The highest BCUT2D eigenvalue weighted by Crippen LogP contribution is 2.23. The number of hydrogen-bond donors (Lipinski definition) is 1. The van der Waals surface area contributed by atoms with E-state index in [0.717, 1.165) is 11.3 Å². The van der Waals surface area contributed by atoms with Gasteiger partial charge in [0.1, 0.15) is 5.82 Å². The Bertz CT molecular complexity index is 538. The monoisotopic (exact) mass is 250 g/mol. The van der Waals surface area contributed by atoms with Gasteiger partial charge in [0.15, 0.2) is 0 Å². The van der Waals surface area contributed by atoms with Crippen molar-refractivity contribution in [2.24, 2.45) is 0 Å². The first-order valence-corrected chi connectivity index (χ1v) is 6.92. The number of rotatable bonds is 4. The van der Waals surface area contributed by atoms with Gasteiger partial charge in [-0.3, -0.25) is 4.21 Å². The second-order valence-corrected chi connectivity index (χ2v) is 5.24. The van der Waals surface area contributed by atoms with Crippen LogP contribution in [0.2, 0.25) is 0 Å². The molecule has 2 N–H and O–H groups in total. The first-order chi connectivity index (χ1) is 8.18. The quantitative estimate of drug-likeness (QED) is 0.875. The van der Waals surface area contributed by atoms with Gasteiger partial charge in [0.05, 0.1) is 18.2 Å². The lowest BCUT2D eigenvalue weighted by molar-refractivity contribution is 0.678. The topological polar surface area (TPSA) is 73.8 Å². The molecule has 0 saturated heterocycles. The number of imidazole rings is 1.